The van der Waals surface area contributed by atoms with Crippen molar-refractivity contribution in [2.45, 2.75) is 6.18 Å². The summed E-state index contributed by atoms with van der Waals surface area (Å²) in [5, 5.41) is 8.96. The standard InChI is InChI=1S/C14H7F3N4/c15-14(16,17)10-3-1-9(2-4-10)12-13-19-5-6-21(13)8-11(7-18)20-12/h1-6,8H. The van der Waals surface area contributed by atoms with Gasteiger partial charge in [0.1, 0.15) is 11.8 Å². The summed E-state index contributed by atoms with van der Waals surface area (Å²) in [6, 6.07) is 6.52. The van der Waals surface area contributed by atoms with Crippen molar-refractivity contribution in [1.82, 2.24) is 14.4 Å². The third kappa shape index (κ3) is 2.31. The Balaban J connectivity index is 2.16. The van der Waals surface area contributed by atoms with Crippen LogP contribution in [0.3, 0.4) is 0 Å². The first-order valence-corrected chi connectivity index (χ1v) is 5.90. The summed E-state index contributed by atoms with van der Waals surface area (Å²) in [6.45, 7) is 0. The molecule has 0 N–H and O–H groups in total. The lowest BCUT2D eigenvalue weighted by molar-refractivity contribution is -0.137. The second-order valence-corrected chi connectivity index (χ2v) is 4.32. The summed E-state index contributed by atoms with van der Waals surface area (Å²) in [7, 11) is 0. The highest BCUT2D eigenvalue weighted by Gasteiger charge is 2.30. The molecule has 0 aliphatic rings. The van der Waals surface area contributed by atoms with Crippen LogP contribution in [0.4, 0.5) is 13.2 Å². The minimum Gasteiger partial charge on any atom is -0.302 e. The summed E-state index contributed by atoms with van der Waals surface area (Å²) in [5.74, 6) is 0. The van der Waals surface area contributed by atoms with Crippen LogP contribution >= 0.6 is 0 Å². The first kappa shape index (κ1) is 13.1. The Hall–Kier alpha value is -2.88. The van der Waals surface area contributed by atoms with Crippen molar-refractivity contribution >= 4 is 5.65 Å². The van der Waals surface area contributed by atoms with Crippen LogP contribution in [0.5, 0.6) is 0 Å². The van der Waals surface area contributed by atoms with Crippen LogP contribution in [0.15, 0.2) is 42.9 Å². The third-order valence-corrected chi connectivity index (χ3v) is 2.97. The Kier molecular flexibility index (Phi) is 2.87. The van der Waals surface area contributed by atoms with Crippen molar-refractivity contribution in [2.75, 3.05) is 0 Å². The van der Waals surface area contributed by atoms with E-state index in [1.54, 1.807) is 10.6 Å². The fourth-order valence-corrected chi connectivity index (χ4v) is 2.00. The number of alkyl halides is 3. The Labute approximate surface area is 117 Å². The lowest BCUT2D eigenvalue weighted by Crippen LogP contribution is -2.04. The summed E-state index contributed by atoms with van der Waals surface area (Å²) < 4.78 is 39.3. The van der Waals surface area contributed by atoms with Crippen LogP contribution in [0.2, 0.25) is 0 Å². The van der Waals surface area contributed by atoms with Gasteiger partial charge in [-0.1, -0.05) is 12.1 Å². The molecule has 0 saturated carbocycles. The van der Waals surface area contributed by atoms with Gasteiger partial charge in [0.05, 0.1) is 5.56 Å². The van der Waals surface area contributed by atoms with E-state index in [9.17, 15) is 13.2 Å². The zero-order valence-electron chi connectivity index (χ0n) is 10.5. The summed E-state index contributed by atoms with van der Waals surface area (Å²) >= 11 is 0. The van der Waals surface area contributed by atoms with Crippen LogP contribution in [0.25, 0.3) is 16.9 Å². The van der Waals surface area contributed by atoms with E-state index in [-0.39, 0.29) is 5.69 Å². The average molecular weight is 288 g/mol. The zero-order valence-corrected chi connectivity index (χ0v) is 10.5. The minimum absolute atomic E-state index is 0.162. The van der Waals surface area contributed by atoms with Crippen LogP contribution in [-0.2, 0) is 6.18 Å². The van der Waals surface area contributed by atoms with Crippen molar-refractivity contribution in [1.29, 1.82) is 5.26 Å². The Morgan fingerprint density at radius 1 is 1.14 bits per heavy atom. The minimum atomic E-state index is -4.39. The normalized spacial score (nSPS) is 11.5. The van der Waals surface area contributed by atoms with Crippen LogP contribution in [0.1, 0.15) is 11.3 Å². The van der Waals surface area contributed by atoms with Gasteiger partial charge in [-0.05, 0) is 12.1 Å². The van der Waals surface area contributed by atoms with Gasteiger partial charge in [0.25, 0.3) is 0 Å². The van der Waals surface area contributed by atoms with Crippen LogP contribution < -0.4 is 0 Å². The first-order valence-electron chi connectivity index (χ1n) is 5.90. The molecule has 2 heterocycles. The molecule has 0 aliphatic carbocycles. The fourth-order valence-electron chi connectivity index (χ4n) is 2.00. The van der Waals surface area contributed by atoms with Crippen molar-refractivity contribution in [3.05, 3.63) is 54.1 Å². The maximum Gasteiger partial charge on any atom is 0.416 e. The highest BCUT2D eigenvalue weighted by molar-refractivity contribution is 5.74. The highest BCUT2D eigenvalue weighted by Crippen LogP contribution is 2.31. The maximum absolute atomic E-state index is 12.6. The smallest absolute Gasteiger partial charge is 0.302 e. The van der Waals surface area contributed by atoms with E-state index in [4.69, 9.17) is 5.26 Å². The van der Waals surface area contributed by atoms with E-state index in [2.05, 4.69) is 9.97 Å². The first-order chi connectivity index (χ1) is 9.99. The largest absolute Gasteiger partial charge is 0.416 e. The molecule has 2 aromatic heterocycles. The molecule has 0 saturated heterocycles. The second-order valence-electron chi connectivity index (χ2n) is 4.32. The van der Waals surface area contributed by atoms with E-state index in [1.807, 2.05) is 6.07 Å². The summed E-state index contributed by atoms with van der Waals surface area (Å²) in [5.41, 5.74) is 0.746. The number of hydrogen-bond donors (Lipinski definition) is 0. The molecule has 0 fully saturated rings. The van der Waals surface area contributed by atoms with Crippen molar-refractivity contribution < 1.29 is 13.2 Å². The van der Waals surface area contributed by atoms with Crippen molar-refractivity contribution in [2.24, 2.45) is 0 Å². The van der Waals surface area contributed by atoms with E-state index in [0.29, 0.717) is 16.9 Å². The van der Waals surface area contributed by atoms with Gasteiger partial charge in [-0.15, -0.1) is 0 Å². The molecule has 0 aliphatic heterocycles. The lowest BCUT2D eigenvalue weighted by Gasteiger charge is -2.08. The molecule has 3 rings (SSSR count). The molecule has 0 amide bonds. The van der Waals surface area contributed by atoms with E-state index in [1.165, 1.54) is 24.5 Å². The Morgan fingerprint density at radius 3 is 2.48 bits per heavy atom. The molecule has 0 bridgehead atoms. The van der Waals surface area contributed by atoms with Crippen LogP contribution in [0, 0.1) is 11.3 Å². The number of benzene rings is 1. The molecule has 0 radical (unpaired) electrons. The molecule has 0 unspecified atom stereocenters. The molecule has 3 aromatic rings. The van der Waals surface area contributed by atoms with Gasteiger partial charge in [0.2, 0.25) is 0 Å². The van der Waals surface area contributed by atoms with Gasteiger partial charge in [-0.2, -0.15) is 18.4 Å². The van der Waals surface area contributed by atoms with E-state index >= 15 is 0 Å². The number of rotatable bonds is 1. The molecular formula is C14H7F3N4. The van der Waals surface area contributed by atoms with Crippen LogP contribution in [-0.4, -0.2) is 14.4 Å². The van der Waals surface area contributed by atoms with Gasteiger partial charge < -0.3 is 4.40 Å². The molecule has 1 aromatic carbocycles. The average Bonchev–Trinajstić information content (AvgIpc) is 2.93. The fraction of sp³-hybridized carbons (Fsp3) is 0.0714. The number of aromatic nitrogens is 3. The number of imidazole rings is 1. The Bertz CT molecular complexity index is 841. The quantitative estimate of drug-likeness (QED) is 0.690. The molecule has 21 heavy (non-hydrogen) atoms. The lowest BCUT2D eigenvalue weighted by atomic mass is 10.1. The third-order valence-electron chi connectivity index (χ3n) is 2.97. The SMILES string of the molecule is N#Cc1cn2ccnc2c(-c2ccc(C(F)(F)F)cc2)n1. The molecule has 4 nitrogen and oxygen atoms in total. The van der Waals surface area contributed by atoms with Crippen molar-refractivity contribution in [3.8, 4) is 17.3 Å². The molecule has 0 spiro atoms. The number of halogens is 3. The predicted octanol–water partition coefficient (Wildman–Crippen LogP) is 3.29. The molecule has 7 heteroatoms. The van der Waals surface area contributed by atoms with E-state index in [0.717, 1.165) is 12.1 Å². The van der Waals surface area contributed by atoms with Gasteiger partial charge in [0.15, 0.2) is 11.3 Å². The molecular weight excluding hydrogens is 281 g/mol. The van der Waals surface area contributed by atoms with Gasteiger partial charge in [-0.3, -0.25) is 0 Å². The summed E-state index contributed by atoms with van der Waals surface area (Å²) in [4.78, 5) is 8.24. The number of fused-ring (bicyclic) bond motifs is 1. The highest BCUT2D eigenvalue weighted by atomic mass is 19.4. The number of nitriles is 1. The number of nitrogens with zero attached hydrogens (tertiary/aromatic N) is 4. The molecule has 0 atom stereocenters. The zero-order chi connectivity index (χ0) is 15.0. The second kappa shape index (κ2) is 4.59. The molecule has 104 valence electrons. The van der Waals surface area contributed by atoms with Crippen molar-refractivity contribution in [3.63, 3.8) is 0 Å². The monoisotopic (exact) mass is 288 g/mol. The van der Waals surface area contributed by atoms with E-state index < -0.39 is 11.7 Å². The van der Waals surface area contributed by atoms with Gasteiger partial charge >= 0.3 is 6.18 Å². The topological polar surface area (TPSA) is 54.0 Å². The van der Waals surface area contributed by atoms with Gasteiger partial charge in [-0.25, -0.2) is 9.97 Å². The Morgan fingerprint density at radius 2 is 1.86 bits per heavy atom. The maximum atomic E-state index is 12.6. The predicted molar refractivity (Wildman–Crippen MR) is 68.1 cm³/mol. The number of hydrogen-bond acceptors (Lipinski definition) is 3. The van der Waals surface area contributed by atoms with Gasteiger partial charge in [0, 0.05) is 24.2 Å². The summed E-state index contributed by atoms with van der Waals surface area (Å²) in [6.07, 6.45) is 0.302.